The highest BCUT2D eigenvalue weighted by molar-refractivity contribution is 7.89. The molecule has 0 aromatic heterocycles. The lowest BCUT2D eigenvalue weighted by molar-refractivity contribution is 0.205. The average Bonchev–Trinajstić information content (AvgIpc) is 2.95. The first kappa shape index (κ1) is 21.6. The lowest BCUT2D eigenvalue weighted by Crippen LogP contribution is -2.55. The van der Waals surface area contributed by atoms with Crippen LogP contribution in [-0.2, 0) is 10.0 Å². The third kappa shape index (κ3) is 4.00. The van der Waals surface area contributed by atoms with Gasteiger partial charge in [0.15, 0.2) is 5.75 Å². The third-order valence-electron chi connectivity index (χ3n) is 5.97. The summed E-state index contributed by atoms with van der Waals surface area (Å²) in [5.41, 5.74) is 2.70. The largest absolute Gasteiger partial charge is 0.454 e. The van der Waals surface area contributed by atoms with Crippen LogP contribution in [0, 0.1) is 12.7 Å². The zero-order valence-electron chi connectivity index (χ0n) is 18.4. The fraction of sp³-hybridized carbons (Fsp3) is 0.240. The topological polar surface area (TPSA) is 62.2 Å². The number of halogens is 1. The van der Waals surface area contributed by atoms with Gasteiger partial charge in [-0.3, -0.25) is 0 Å². The van der Waals surface area contributed by atoms with E-state index in [4.69, 9.17) is 9.73 Å². The minimum atomic E-state index is -3.73. The first-order chi connectivity index (χ1) is 15.8. The molecule has 0 radical (unpaired) electrons. The number of aryl methyl sites for hydroxylation is 1. The van der Waals surface area contributed by atoms with Crippen molar-refractivity contribution in [3.8, 4) is 11.5 Å². The molecule has 3 aromatic rings. The molecule has 0 spiro atoms. The second-order valence-corrected chi connectivity index (χ2v) is 10.3. The summed E-state index contributed by atoms with van der Waals surface area (Å²) in [4.78, 5) is 7.16. The highest BCUT2D eigenvalue weighted by Crippen LogP contribution is 2.38. The van der Waals surface area contributed by atoms with Crippen molar-refractivity contribution in [1.82, 2.24) is 9.21 Å². The van der Waals surface area contributed by atoms with Gasteiger partial charge in [0.1, 0.15) is 23.1 Å². The molecule has 33 heavy (non-hydrogen) atoms. The van der Waals surface area contributed by atoms with Crippen LogP contribution in [-0.4, -0.2) is 49.1 Å². The van der Waals surface area contributed by atoms with Gasteiger partial charge in [-0.1, -0.05) is 23.8 Å². The van der Waals surface area contributed by atoms with Gasteiger partial charge in [0, 0.05) is 25.7 Å². The highest BCUT2D eigenvalue weighted by Gasteiger charge is 2.36. The number of benzene rings is 3. The lowest BCUT2D eigenvalue weighted by atomic mass is 10.1. The Morgan fingerprint density at radius 2 is 1.76 bits per heavy atom. The molecule has 0 aliphatic carbocycles. The summed E-state index contributed by atoms with van der Waals surface area (Å²) >= 11 is 0. The number of nitrogens with zero attached hydrogens (tertiary/aromatic N) is 3. The average molecular weight is 466 g/mol. The first-order valence-electron chi connectivity index (χ1n) is 10.8. The van der Waals surface area contributed by atoms with E-state index in [0.717, 1.165) is 28.4 Å². The Morgan fingerprint density at radius 3 is 2.52 bits per heavy atom. The number of ether oxygens (including phenoxy) is 1. The van der Waals surface area contributed by atoms with Crippen molar-refractivity contribution >= 4 is 21.5 Å². The molecule has 170 valence electrons. The van der Waals surface area contributed by atoms with Gasteiger partial charge in [0.2, 0.25) is 10.0 Å². The van der Waals surface area contributed by atoms with Gasteiger partial charge < -0.3 is 9.64 Å². The fourth-order valence-electron chi connectivity index (χ4n) is 4.31. The Kier molecular flexibility index (Phi) is 5.42. The van der Waals surface area contributed by atoms with Crippen LogP contribution in [0.25, 0.3) is 0 Å². The molecule has 1 fully saturated rings. The Hall–Kier alpha value is -3.23. The van der Waals surface area contributed by atoms with E-state index >= 15 is 0 Å². The van der Waals surface area contributed by atoms with Crippen molar-refractivity contribution in [3.05, 3.63) is 83.7 Å². The van der Waals surface area contributed by atoms with Crippen molar-refractivity contribution < 1.29 is 17.5 Å². The van der Waals surface area contributed by atoms with E-state index in [0.29, 0.717) is 25.4 Å². The maximum absolute atomic E-state index is 13.3. The molecular formula is C25H24FN3O3S. The molecule has 1 atom stereocenters. The minimum Gasteiger partial charge on any atom is -0.454 e. The lowest BCUT2D eigenvalue weighted by Gasteiger charge is -2.40. The second kappa shape index (κ2) is 8.28. The molecule has 0 N–H and O–H groups in total. The molecule has 2 aliphatic heterocycles. The quantitative estimate of drug-likeness (QED) is 0.550. The Labute approximate surface area is 193 Å². The summed E-state index contributed by atoms with van der Waals surface area (Å²) in [6.07, 6.45) is 0. The molecule has 0 bridgehead atoms. The molecule has 0 unspecified atom stereocenters. The molecule has 5 rings (SSSR count). The number of hydrogen-bond donors (Lipinski definition) is 0. The molecule has 8 heteroatoms. The van der Waals surface area contributed by atoms with E-state index in [1.165, 1.54) is 28.6 Å². The van der Waals surface area contributed by atoms with Crippen LogP contribution in [0.15, 0.2) is 76.6 Å². The summed E-state index contributed by atoms with van der Waals surface area (Å²) in [7, 11) is -3.73. The van der Waals surface area contributed by atoms with Crippen molar-refractivity contribution in [2.75, 3.05) is 19.6 Å². The fourth-order valence-corrected chi connectivity index (χ4v) is 5.92. The van der Waals surface area contributed by atoms with Crippen molar-refractivity contribution in [3.63, 3.8) is 0 Å². The number of hydrogen-bond acceptors (Lipinski definition) is 5. The number of fused-ring (bicyclic) bond motifs is 2. The van der Waals surface area contributed by atoms with Crippen molar-refractivity contribution in [2.24, 2.45) is 4.99 Å². The minimum absolute atomic E-state index is 0.0966. The molecule has 6 nitrogen and oxygen atoms in total. The number of piperazine rings is 1. The predicted molar refractivity (Wildman–Crippen MR) is 125 cm³/mol. The monoisotopic (exact) mass is 465 g/mol. The smallest absolute Gasteiger partial charge is 0.243 e. The molecule has 3 aromatic carbocycles. The number of para-hydroxylation sites is 2. The zero-order valence-corrected chi connectivity index (χ0v) is 19.2. The maximum Gasteiger partial charge on any atom is 0.243 e. The summed E-state index contributed by atoms with van der Waals surface area (Å²) in [6, 6.07) is 18.3. The first-order valence-corrected chi connectivity index (χ1v) is 12.3. The number of amidine groups is 1. The van der Waals surface area contributed by atoms with Gasteiger partial charge in [-0.2, -0.15) is 4.31 Å². The standard InChI is InChI=1S/C25H24FN3O3S/c1-17-7-12-23-21(15-17)25(27-22-5-3-4-6-24(22)32-23)28-13-14-29(18(2)16-28)33(30,31)20-10-8-19(26)9-11-20/h3-12,15,18H,13-14,16H2,1-2H3/t18-/m0/s1. The number of aliphatic imine (C=N–C) groups is 1. The normalized spacial score (nSPS) is 18.6. The summed E-state index contributed by atoms with van der Waals surface area (Å²) in [6.45, 7) is 5.13. The van der Waals surface area contributed by atoms with Crippen molar-refractivity contribution in [1.29, 1.82) is 0 Å². The summed E-state index contributed by atoms with van der Waals surface area (Å²) in [5, 5.41) is 0. The second-order valence-electron chi connectivity index (χ2n) is 8.37. The van der Waals surface area contributed by atoms with E-state index in [-0.39, 0.29) is 10.9 Å². The molecular weight excluding hydrogens is 441 g/mol. The third-order valence-corrected chi connectivity index (χ3v) is 8.00. The van der Waals surface area contributed by atoms with Crippen LogP contribution < -0.4 is 4.74 Å². The number of sulfonamides is 1. The van der Waals surface area contributed by atoms with Crippen LogP contribution in [0.4, 0.5) is 10.1 Å². The van der Waals surface area contributed by atoms with Gasteiger partial charge in [0.05, 0.1) is 10.5 Å². The van der Waals surface area contributed by atoms with E-state index in [1.807, 2.05) is 56.3 Å². The Morgan fingerprint density at radius 1 is 1.00 bits per heavy atom. The van der Waals surface area contributed by atoms with E-state index in [2.05, 4.69) is 4.90 Å². The van der Waals surface area contributed by atoms with E-state index in [1.54, 1.807) is 0 Å². The SMILES string of the molecule is Cc1ccc2c(c1)C(N1CCN(S(=O)(=O)c3ccc(F)cc3)[C@@H](C)C1)=Nc1ccccc1O2. The molecule has 2 heterocycles. The summed E-state index contributed by atoms with van der Waals surface area (Å²) < 4.78 is 47.3. The molecule has 0 amide bonds. The van der Waals surface area contributed by atoms with Crippen LogP contribution in [0.3, 0.4) is 0 Å². The zero-order chi connectivity index (χ0) is 23.2. The van der Waals surface area contributed by atoms with Crippen LogP contribution >= 0.6 is 0 Å². The van der Waals surface area contributed by atoms with Gasteiger partial charge in [-0.15, -0.1) is 0 Å². The Bertz CT molecular complexity index is 1340. The van der Waals surface area contributed by atoms with Gasteiger partial charge in [0.25, 0.3) is 0 Å². The van der Waals surface area contributed by atoms with E-state index in [9.17, 15) is 12.8 Å². The molecule has 2 aliphatic rings. The van der Waals surface area contributed by atoms with Gasteiger partial charge in [-0.25, -0.2) is 17.8 Å². The number of rotatable bonds is 2. The molecule has 1 saturated heterocycles. The van der Waals surface area contributed by atoms with Crippen LogP contribution in [0.1, 0.15) is 18.1 Å². The van der Waals surface area contributed by atoms with E-state index < -0.39 is 15.8 Å². The van der Waals surface area contributed by atoms with Gasteiger partial charge >= 0.3 is 0 Å². The summed E-state index contributed by atoms with van der Waals surface area (Å²) in [5.74, 6) is 1.71. The molecule has 0 saturated carbocycles. The maximum atomic E-state index is 13.3. The van der Waals surface area contributed by atoms with Crippen LogP contribution in [0.5, 0.6) is 11.5 Å². The van der Waals surface area contributed by atoms with Crippen LogP contribution in [0.2, 0.25) is 0 Å². The van der Waals surface area contributed by atoms with Gasteiger partial charge in [-0.05, 0) is 62.4 Å². The highest BCUT2D eigenvalue weighted by atomic mass is 32.2. The predicted octanol–water partition coefficient (Wildman–Crippen LogP) is 4.71. The Balaban J connectivity index is 1.48. The van der Waals surface area contributed by atoms with Crippen molar-refractivity contribution in [2.45, 2.75) is 24.8 Å².